The summed E-state index contributed by atoms with van der Waals surface area (Å²) in [6.45, 7) is 17.8. The first-order valence-electron chi connectivity index (χ1n) is 9.17. The summed E-state index contributed by atoms with van der Waals surface area (Å²) in [5.74, 6) is 0. The minimum Gasteiger partial charge on any atom is -0.444 e. The van der Waals surface area contributed by atoms with Gasteiger partial charge >= 0.3 is 12.2 Å². The number of carbonyl (C=O) groups is 2. The fraction of sp³-hybridized carbons (Fsp3) is 0.842. The molecular formula is C19H36N4O4. The molecule has 1 N–H and O–H groups in total. The molecule has 0 aliphatic rings. The molecule has 0 unspecified atom stereocenters. The van der Waals surface area contributed by atoms with Gasteiger partial charge in [0.05, 0.1) is 18.1 Å². The van der Waals surface area contributed by atoms with E-state index < -0.39 is 23.4 Å². The lowest BCUT2D eigenvalue weighted by molar-refractivity contribution is 0.0246. The van der Waals surface area contributed by atoms with Crippen LogP contribution in [0.1, 0.15) is 62.3 Å². The summed E-state index contributed by atoms with van der Waals surface area (Å²) < 4.78 is 10.6. The number of amides is 2. The Morgan fingerprint density at radius 2 is 1.48 bits per heavy atom. The molecule has 8 nitrogen and oxygen atoms in total. The maximum atomic E-state index is 12.4. The number of hydrogen-bond donors (Lipinski definition) is 1. The fourth-order valence-electron chi connectivity index (χ4n) is 1.63. The van der Waals surface area contributed by atoms with Crippen LogP contribution in [-0.2, 0) is 9.47 Å². The van der Waals surface area contributed by atoms with Crippen molar-refractivity contribution < 1.29 is 19.1 Å². The van der Waals surface area contributed by atoms with Gasteiger partial charge in [-0.2, -0.15) is 0 Å². The lowest BCUT2D eigenvalue weighted by Gasteiger charge is -2.27. The highest BCUT2D eigenvalue weighted by molar-refractivity contribution is 5.69. The van der Waals surface area contributed by atoms with Crippen LogP contribution < -0.4 is 5.32 Å². The van der Waals surface area contributed by atoms with E-state index in [2.05, 4.69) is 21.3 Å². The van der Waals surface area contributed by atoms with E-state index in [-0.39, 0.29) is 18.6 Å². The van der Waals surface area contributed by atoms with E-state index in [4.69, 9.17) is 9.47 Å². The first kappa shape index (κ1) is 24.9. The first-order valence-corrected chi connectivity index (χ1v) is 9.17. The standard InChI is InChI=1S/C19H36N4O4/c1-17(2,3)22-14-20-10-12-23(16(25)27-19(7,8)9)13-11-21-15(24)26-18(4,5)6/h10-13H2,1-9H3,(H,21,24). The van der Waals surface area contributed by atoms with Crippen LogP contribution in [0.4, 0.5) is 9.59 Å². The van der Waals surface area contributed by atoms with Crippen LogP contribution >= 0.6 is 0 Å². The number of rotatable bonds is 6. The van der Waals surface area contributed by atoms with E-state index >= 15 is 0 Å². The highest BCUT2D eigenvalue weighted by Gasteiger charge is 2.22. The Labute approximate surface area is 163 Å². The second-order valence-corrected chi connectivity index (χ2v) is 9.16. The second kappa shape index (κ2) is 10.3. The molecule has 0 saturated carbocycles. The second-order valence-electron chi connectivity index (χ2n) is 9.16. The minimum absolute atomic E-state index is 0.244. The summed E-state index contributed by atoms with van der Waals surface area (Å²) in [6.07, 6.45) is -0.988. The van der Waals surface area contributed by atoms with Crippen molar-refractivity contribution >= 4 is 18.2 Å². The van der Waals surface area contributed by atoms with Crippen molar-refractivity contribution in [3.05, 3.63) is 0 Å². The average Bonchev–Trinajstić information content (AvgIpc) is 2.39. The van der Waals surface area contributed by atoms with E-state index in [0.29, 0.717) is 13.1 Å². The normalized spacial score (nSPS) is 11.9. The minimum atomic E-state index is -0.606. The van der Waals surface area contributed by atoms with Gasteiger partial charge in [0.1, 0.15) is 11.2 Å². The Kier molecular flexibility index (Phi) is 9.51. The zero-order valence-electron chi connectivity index (χ0n) is 18.3. The smallest absolute Gasteiger partial charge is 0.410 e. The van der Waals surface area contributed by atoms with Gasteiger partial charge in [0.25, 0.3) is 0 Å². The largest absolute Gasteiger partial charge is 0.444 e. The van der Waals surface area contributed by atoms with Crippen molar-refractivity contribution in [1.82, 2.24) is 10.2 Å². The molecule has 0 aromatic heterocycles. The number of hydrogen-bond acceptors (Lipinski definition) is 6. The predicted octanol–water partition coefficient (Wildman–Crippen LogP) is 3.72. The highest BCUT2D eigenvalue weighted by atomic mass is 16.6. The Morgan fingerprint density at radius 1 is 0.926 bits per heavy atom. The number of nitrogens with one attached hydrogen (secondary N) is 1. The molecule has 0 saturated heterocycles. The zero-order valence-corrected chi connectivity index (χ0v) is 18.3. The van der Waals surface area contributed by atoms with Gasteiger partial charge < -0.3 is 19.7 Å². The Morgan fingerprint density at radius 3 is 1.96 bits per heavy atom. The molecule has 0 radical (unpaired) electrons. The quantitative estimate of drug-likeness (QED) is 0.706. The Balaban J connectivity index is 4.73. The van der Waals surface area contributed by atoms with Crippen molar-refractivity contribution in [2.24, 2.45) is 9.98 Å². The van der Waals surface area contributed by atoms with Crippen LogP contribution in [-0.4, -0.2) is 66.0 Å². The van der Waals surface area contributed by atoms with Gasteiger partial charge in [-0.1, -0.05) is 0 Å². The molecule has 0 rings (SSSR count). The van der Waals surface area contributed by atoms with E-state index in [0.717, 1.165) is 0 Å². The van der Waals surface area contributed by atoms with E-state index in [1.807, 2.05) is 20.8 Å². The van der Waals surface area contributed by atoms with E-state index in [9.17, 15) is 9.59 Å². The number of ether oxygens (including phenoxy) is 2. The lowest BCUT2D eigenvalue weighted by atomic mass is 10.1. The number of carbonyl (C=O) groups excluding carboxylic acids is 2. The fourth-order valence-corrected chi connectivity index (χ4v) is 1.63. The topological polar surface area (TPSA) is 92.6 Å². The van der Waals surface area contributed by atoms with Crippen LogP contribution in [0, 0.1) is 0 Å². The van der Waals surface area contributed by atoms with Gasteiger partial charge in [0.2, 0.25) is 0 Å². The molecule has 0 bridgehead atoms. The molecule has 8 heteroatoms. The molecule has 0 aliphatic heterocycles. The van der Waals surface area contributed by atoms with Gasteiger partial charge in [-0.15, -0.1) is 0 Å². The molecule has 0 heterocycles. The van der Waals surface area contributed by atoms with Crippen molar-refractivity contribution in [2.75, 3.05) is 26.2 Å². The van der Waals surface area contributed by atoms with Crippen LogP contribution in [0.15, 0.2) is 9.98 Å². The number of aliphatic imine (C=N–C) groups is 2. The third kappa shape index (κ3) is 15.9. The lowest BCUT2D eigenvalue weighted by Crippen LogP contribution is -2.43. The van der Waals surface area contributed by atoms with Crippen LogP contribution in [0.3, 0.4) is 0 Å². The summed E-state index contributed by atoms with van der Waals surface area (Å²) in [7, 11) is 0. The molecule has 0 fully saturated rings. The van der Waals surface area contributed by atoms with Crippen molar-refractivity contribution in [2.45, 2.75) is 79.1 Å². The molecule has 0 aromatic carbocycles. The Hall–Kier alpha value is -2.08. The molecule has 0 spiro atoms. The number of alkyl carbamates (subject to hydrolysis) is 1. The predicted molar refractivity (Wildman–Crippen MR) is 107 cm³/mol. The molecule has 27 heavy (non-hydrogen) atoms. The highest BCUT2D eigenvalue weighted by Crippen LogP contribution is 2.10. The van der Waals surface area contributed by atoms with E-state index in [1.54, 1.807) is 41.5 Å². The van der Waals surface area contributed by atoms with Crippen molar-refractivity contribution in [1.29, 1.82) is 0 Å². The monoisotopic (exact) mass is 384 g/mol. The maximum absolute atomic E-state index is 12.4. The molecule has 0 aromatic rings. The average molecular weight is 385 g/mol. The molecule has 0 aliphatic carbocycles. The zero-order chi connectivity index (χ0) is 21.3. The van der Waals surface area contributed by atoms with Crippen molar-refractivity contribution in [3.8, 4) is 0 Å². The summed E-state index contributed by atoms with van der Waals surface area (Å²) in [6, 6.07) is 2.65. The van der Waals surface area contributed by atoms with Gasteiger partial charge in [-0.25, -0.2) is 19.6 Å². The molecule has 0 atom stereocenters. The Bertz CT molecular complexity index is 548. The molecule has 156 valence electrons. The summed E-state index contributed by atoms with van der Waals surface area (Å²) in [5.41, 5.74) is -1.42. The van der Waals surface area contributed by atoms with E-state index in [1.165, 1.54) is 4.90 Å². The van der Waals surface area contributed by atoms with Gasteiger partial charge in [0.15, 0.2) is 0 Å². The third-order valence-electron chi connectivity index (χ3n) is 2.64. The van der Waals surface area contributed by atoms with Gasteiger partial charge in [0, 0.05) is 19.6 Å². The maximum Gasteiger partial charge on any atom is 0.410 e. The SMILES string of the molecule is CC(C)(C)N=C=NCCN(CCNC(=O)OC(C)(C)C)C(=O)OC(C)(C)C. The first-order chi connectivity index (χ1) is 12.1. The van der Waals surface area contributed by atoms with Gasteiger partial charge in [-0.05, 0) is 62.3 Å². The molecular weight excluding hydrogens is 348 g/mol. The summed E-state index contributed by atoms with van der Waals surface area (Å²) in [4.78, 5) is 33.8. The number of nitrogens with zero attached hydrogens (tertiary/aromatic N) is 3. The summed E-state index contributed by atoms with van der Waals surface area (Å²) >= 11 is 0. The third-order valence-corrected chi connectivity index (χ3v) is 2.64. The van der Waals surface area contributed by atoms with Gasteiger partial charge in [-0.3, -0.25) is 0 Å². The van der Waals surface area contributed by atoms with Crippen LogP contribution in [0.2, 0.25) is 0 Å². The molecule has 2 amide bonds. The van der Waals surface area contributed by atoms with Crippen molar-refractivity contribution in [3.63, 3.8) is 0 Å². The van der Waals surface area contributed by atoms with Crippen LogP contribution in [0.25, 0.3) is 0 Å². The summed E-state index contributed by atoms with van der Waals surface area (Å²) in [5, 5.41) is 2.63. The van der Waals surface area contributed by atoms with Crippen LogP contribution in [0.5, 0.6) is 0 Å².